The molecule has 0 aliphatic rings. The highest BCUT2D eigenvalue weighted by Crippen LogP contribution is 2.29. The molecule has 0 aliphatic heterocycles. The van der Waals surface area contributed by atoms with Crippen molar-refractivity contribution in [1.29, 1.82) is 0 Å². The van der Waals surface area contributed by atoms with Crippen LogP contribution < -0.4 is 16.0 Å². The second kappa shape index (κ2) is 9.78. The third-order valence-corrected chi connectivity index (χ3v) is 5.62. The van der Waals surface area contributed by atoms with Gasteiger partial charge in [-0.1, -0.05) is 83.3 Å². The van der Waals surface area contributed by atoms with Gasteiger partial charge in [-0.3, -0.25) is 4.79 Å². The molecule has 0 bridgehead atoms. The third-order valence-electron chi connectivity index (χ3n) is 3.87. The Labute approximate surface area is 193 Å². The van der Waals surface area contributed by atoms with Gasteiger partial charge in [0.25, 0.3) is 5.91 Å². The van der Waals surface area contributed by atoms with E-state index < -0.39 is 9.96 Å². The van der Waals surface area contributed by atoms with E-state index in [1.165, 1.54) is 11.3 Å². The fraction of sp³-hybridized carbons (Fsp3) is 0.100. The van der Waals surface area contributed by atoms with Crippen molar-refractivity contribution in [1.82, 2.24) is 10.6 Å². The number of nitrogens with one attached hydrogen (secondary N) is 3. The van der Waals surface area contributed by atoms with Crippen LogP contribution in [0, 0.1) is 0 Å². The summed E-state index contributed by atoms with van der Waals surface area (Å²) in [5.74, 6) is -0.362. The van der Waals surface area contributed by atoms with Crippen LogP contribution in [0.3, 0.4) is 0 Å². The standard InChI is InChI=1S/C20H16Cl3N3OS2/c21-20(22,23)18(25-17(27)16-7-4-12-29-16)26-19(28)24-15-10-8-14(9-11-15)13-5-2-1-3-6-13/h1-12,18H,(H,25,27)(H2,24,26,28). The van der Waals surface area contributed by atoms with Crippen molar-refractivity contribution in [3.63, 3.8) is 0 Å². The molecule has 9 heteroatoms. The number of thiocarbonyl (C=S) groups is 1. The minimum atomic E-state index is -1.81. The highest BCUT2D eigenvalue weighted by Gasteiger charge is 2.35. The van der Waals surface area contributed by atoms with Gasteiger partial charge in [0.15, 0.2) is 5.11 Å². The first-order chi connectivity index (χ1) is 13.8. The molecule has 29 heavy (non-hydrogen) atoms. The fourth-order valence-electron chi connectivity index (χ4n) is 2.48. The van der Waals surface area contributed by atoms with Crippen molar-refractivity contribution < 1.29 is 4.79 Å². The number of amides is 1. The van der Waals surface area contributed by atoms with Gasteiger partial charge in [-0.15, -0.1) is 11.3 Å². The topological polar surface area (TPSA) is 53.2 Å². The van der Waals surface area contributed by atoms with Crippen LogP contribution in [0.4, 0.5) is 5.69 Å². The Morgan fingerprint density at radius 2 is 1.55 bits per heavy atom. The minimum Gasteiger partial charge on any atom is -0.339 e. The van der Waals surface area contributed by atoms with E-state index >= 15 is 0 Å². The van der Waals surface area contributed by atoms with E-state index in [1.54, 1.807) is 17.5 Å². The van der Waals surface area contributed by atoms with Crippen LogP contribution >= 0.6 is 58.4 Å². The molecule has 1 amide bonds. The number of carbonyl (C=O) groups excluding carboxylic acids is 1. The summed E-state index contributed by atoms with van der Waals surface area (Å²) in [6, 6.07) is 21.2. The van der Waals surface area contributed by atoms with Crippen LogP contribution in [0.15, 0.2) is 72.1 Å². The summed E-state index contributed by atoms with van der Waals surface area (Å²) in [6.45, 7) is 0. The lowest BCUT2D eigenvalue weighted by Gasteiger charge is -2.27. The lowest BCUT2D eigenvalue weighted by Crippen LogP contribution is -2.56. The number of alkyl halides is 3. The van der Waals surface area contributed by atoms with Gasteiger partial charge in [-0.25, -0.2) is 0 Å². The molecule has 2 aromatic carbocycles. The van der Waals surface area contributed by atoms with Crippen LogP contribution in [0.25, 0.3) is 11.1 Å². The highest BCUT2D eigenvalue weighted by atomic mass is 35.6. The second-order valence-electron chi connectivity index (χ2n) is 5.97. The van der Waals surface area contributed by atoms with E-state index in [2.05, 4.69) is 16.0 Å². The maximum absolute atomic E-state index is 12.3. The van der Waals surface area contributed by atoms with Crippen LogP contribution in [0.2, 0.25) is 0 Å². The van der Waals surface area contributed by atoms with Crippen LogP contribution in [0.5, 0.6) is 0 Å². The van der Waals surface area contributed by atoms with Gasteiger partial charge >= 0.3 is 0 Å². The Morgan fingerprint density at radius 3 is 2.14 bits per heavy atom. The number of carbonyl (C=O) groups is 1. The average molecular weight is 485 g/mol. The van der Waals surface area contributed by atoms with E-state index in [-0.39, 0.29) is 11.0 Å². The van der Waals surface area contributed by atoms with Gasteiger partial charge in [0.1, 0.15) is 6.17 Å². The maximum atomic E-state index is 12.3. The van der Waals surface area contributed by atoms with Crippen molar-refractivity contribution in [3.05, 3.63) is 77.0 Å². The largest absolute Gasteiger partial charge is 0.339 e. The van der Waals surface area contributed by atoms with E-state index in [4.69, 9.17) is 47.0 Å². The van der Waals surface area contributed by atoms with Gasteiger partial charge in [0, 0.05) is 5.69 Å². The molecule has 4 nitrogen and oxygen atoms in total. The number of anilines is 1. The Hall–Kier alpha value is -1.83. The number of benzene rings is 2. The molecule has 0 saturated heterocycles. The number of hydrogen-bond donors (Lipinski definition) is 3. The normalized spacial score (nSPS) is 12.1. The minimum absolute atomic E-state index is 0.209. The summed E-state index contributed by atoms with van der Waals surface area (Å²) in [5, 5.41) is 10.5. The fourth-order valence-corrected chi connectivity index (χ4v) is 3.67. The summed E-state index contributed by atoms with van der Waals surface area (Å²) in [4.78, 5) is 12.8. The quantitative estimate of drug-likeness (QED) is 0.242. The molecule has 3 N–H and O–H groups in total. The maximum Gasteiger partial charge on any atom is 0.263 e. The Kier molecular flexibility index (Phi) is 7.38. The zero-order valence-electron chi connectivity index (χ0n) is 14.9. The molecule has 3 rings (SSSR count). The molecule has 1 atom stereocenters. The van der Waals surface area contributed by atoms with Crippen LogP contribution in [-0.2, 0) is 0 Å². The first-order valence-corrected chi connectivity index (χ1v) is 10.9. The van der Waals surface area contributed by atoms with Crippen LogP contribution in [-0.4, -0.2) is 21.0 Å². The van der Waals surface area contributed by atoms with Gasteiger partial charge in [-0.2, -0.15) is 0 Å². The second-order valence-corrected chi connectivity index (χ2v) is 9.69. The first kappa shape index (κ1) is 21.9. The summed E-state index contributed by atoms with van der Waals surface area (Å²) >= 11 is 24.6. The summed E-state index contributed by atoms with van der Waals surface area (Å²) in [5.41, 5.74) is 2.96. The molecule has 0 aliphatic carbocycles. The Balaban J connectivity index is 1.63. The zero-order valence-corrected chi connectivity index (χ0v) is 18.8. The van der Waals surface area contributed by atoms with Gasteiger partial charge in [0.05, 0.1) is 4.88 Å². The molecule has 3 aromatic rings. The monoisotopic (exact) mass is 483 g/mol. The van der Waals surface area contributed by atoms with Gasteiger partial charge in [-0.05, 0) is 46.9 Å². The van der Waals surface area contributed by atoms with Gasteiger partial charge in [0.2, 0.25) is 3.79 Å². The molecule has 0 saturated carbocycles. The van der Waals surface area contributed by atoms with Crippen molar-refractivity contribution in [2.45, 2.75) is 9.96 Å². The first-order valence-electron chi connectivity index (χ1n) is 8.47. The summed E-state index contributed by atoms with van der Waals surface area (Å²) < 4.78 is -1.81. The smallest absolute Gasteiger partial charge is 0.263 e. The predicted octanol–water partition coefficient (Wildman–Crippen LogP) is 5.83. The predicted molar refractivity (Wildman–Crippen MR) is 127 cm³/mol. The number of thiophene rings is 1. The van der Waals surface area contributed by atoms with E-state index in [9.17, 15) is 4.79 Å². The van der Waals surface area contributed by atoms with Crippen molar-refractivity contribution >= 4 is 75.1 Å². The summed E-state index contributed by atoms with van der Waals surface area (Å²) in [6.07, 6.45) is -1.02. The molecule has 1 heterocycles. The molecule has 0 radical (unpaired) electrons. The highest BCUT2D eigenvalue weighted by molar-refractivity contribution is 7.80. The van der Waals surface area contributed by atoms with Crippen molar-refractivity contribution in [2.75, 3.05) is 5.32 Å². The van der Waals surface area contributed by atoms with Gasteiger partial charge < -0.3 is 16.0 Å². The third kappa shape index (κ3) is 6.32. The molecule has 1 aromatic heterocycles. The molecule has 1 unspecified atom stereocenters. The number of halogens is 3. The van der Waals surface area contributed by atoms with Crippen molar-refractivity contribution in [2.24, 2.45) is 0 Å². The Bertz CT molecular complexity index is 959. The van der Waals surface area contributed by atoms with E-state index in [0.29, 0.717) is 4.88 Å². The average Bonchev–Trinajstić information content (AvgIpc) is 3.23. The summed E-state index contributed by atoms with van der Waals surface area (Å²) in [7, 11) is 0. The van der Waals surface area contributed by atoms with E-state index in [0.717, 1.165) is 16.8 Å². The SMILES string of the molecule is O=C(NC(NC(=S)Nc1ccc(-c2ccccc2)cc1)C(Cl)(Cl)Cl)c1cccs1. The Morgan fingerprint density at radius 1 is 0.897 bits per heavy atom. The van der Waals surface area contributed by atoms with E-state index in [1.807, 2.05) is 54.6 Å². The lowest BCUT2D eigenvalue weighted by molar-refractivity contribution is 0.0938. The molecular formula is C20H16Cl3N3OS2. The van der Waals surface area contributed by atoms with Crippen LogP contribution in [0.1, 0.15) is 9.67 Å². The number of rotatable bonds is 5. The molecule has 0 fully saturated rings. The van der Waals surface area contributed by atoms with Crippen molar-refractivity contribution in [3.8, 4) is 11.1 Å². The number of hydrogen-bond acceptors (Lipinski definition) is 3. The molecule has 150 valence electrons. The zero-order chi connectivity index (χ0) is 20.9. The molecule has 0 spiro atoms. The molecular weight excluding hydrogens is 469 g/mol. The lowest BCUT2D eigenvalue weighted by atomic mass is 10.1.